The molecule has 1 aromatic carbocycles. The number of hydrogen-bond donors (Lipinski definition) is 2. The van der Waals surface area contributed by atoms with Crippen LogP contribution in [-0.4, -0.2) is 18.4 Å². The summed E-state index contributed by atoms with van der Waals surface area (Å²) in [5.74, 6) is 0. The predicted molar refractivity (Wildman–Crippen MR) is 62.1 cm³/mol. The second-order valence-electron chi connectivity index (χ2n) is 3.50. The molecule has 0 bridgehead atoms. The quantitative estimate of drug-likeness (QED) is 0.803. The van der Waals surface area contributed by atoms with Gasteiger partial charge in [-0.15, -0.1) is 0 Å². The third kappa shape index (κ3) is 1.98. The maximum absolute atomic E-state index is 11.2. The molecule has 0 spiro atoms. The molecule has 0 saturated heterocycles. The van der Waals surface area contributed by atoms with Crippen molar-refractivity contribution in [3.8, 4) is 0 Å². The van der Waals surface area contributed by atoms with Gasteiger partial charge in [-0.1, -0.05) is 6.07 Å². The molecule has 0 fully saturated rings. The van der Waals surface area contributed by atoms with Gasteiger partial charge in [0.1, 0.15) is 0 Å². The van der Waals surface area contributed by atoms with Crippen LogP contribution in [0.2, 0.25) is 0 Å². The number of fused-ring (bicyclic) bond motifs is 1. The van der Waals surface area contributed by atoms with E-state index in [2.05, 4.69) is 9.97 Å². The van der Waals surface area contributed by atoms with Crippen molar-refractivity contribution in [2.24, 2.45) is 0 Å². The summed E-state index contributed by atoms with van der Waals surface area (Å²) in [5, 5.41) is -0.808. The van der Waals surface area contributed by atoms with E-state index in [0.717, 1.165) is 0 Å². The van der Waals surface area contributed by atoms with E-state index in [1.54, 1.807) is 18.2 Å². The number of hydrogen-bond acceptors (Lipinski definition) is 3. The van der Waals surface area contributed by atoms with Crippen molar-refractivity contribution >= 4 is 30.8 Å². The minimum atomic E-state index is -3.65. The van der Waals surface area contributed by atoms with Gasteiger partial charge in [0.15, 0.2) is 0 Å². The highest BCUT2D eigenvalue weighted by molar-refractivity contribution is 8.13. The van der Waals surface area contributed by atoms with Crippen LogP contribution < -0.4 is 5.69 Å². The molecular weight excluding hydrogens is 252 g/mol. The van der Waals surface area contributed by atoms with Gasteiger partial charge in [-0.3, -0.25) is 0 Å². The number of imidazole rings is 1. The van der Waals surface area contributed by atoms with Crippen LogP contribution in [0.25, 0.3) is 11.0 Å². The first-order chi connectivity index (χ1) is 7.38. The zero-order valence-corrected chi connectivity index (χ0v) is 9.89. The lowest BCUT2D eigenvalue weighted by atomic mass is 10.1. The lowest BCUT2D eigenvalue weighted by molar-refractivity contribution is 0.600. The Bertz CT molecular complexity index is 686. The Morgan fingerprint density at radius 2 is 1.88 bits per heavy atom. The molecule has 2 aromatic rings. The van der Waals surface area contributed by atoms with Crippen LogP contribution in [0.15, 0.2) is 23.0 Å². The molecule has 0 aliphatic rings. The number of H-pyrrole nitrogens is 2. The largest absolute Gasteiger partial charge is 0.323 e. The van der Waals surface area contributed by atoms with Crippen molar-refractivity contribution in [2.75, 3.05) is 0 Å². The molecule has 1 unspecified atom stereocenters. The van der Waals surface area contributed by atoms with Gasteiger partial charge < -0.3 is 9.97 Å². The Hall–Kier alpha value is -1.27. The highest BCUT2D eigenvalue weighted by Gasteiger charge is 2.20. The summed E-state index contributed by atoms with van der Waals surface area (Å²) in [4.78, 5) is 16.1. The van der Waals surface area contributed by atoms with Crippen molar-refractivity contribution in [1.29, 1.82) is 0 Å². The van der Waals surface area contributed by atoms with Crippen LogP contribution in [0.1, 0.15) is 17.7 Å². The molecule has 0 amide bonds. The molecule has 5 nitrogen and oxygen atoms in total. The normalized spacial score (nSPS) is 14.1. The summed E-state index contributed by atoms with van der Waals surface area (Å²) in [6.07, 6.45) is 0. The highest BCUT2D eigenvalue weighted by atomic mass is 35.7. The Morgan fingerprint density at radius 3 is 2.50 bits per heavy atom. The fourth-order valence-corrected chi connectivity index (χ4v) is 2.25. The second kappa shape index (κ2) is 3.64. The van der Waals surface area contributed by atoms with E-state index >= 15 is 0 Å². The number of aromatic amines is 2. The van der Waals surface area contributed by atoms with Crippen LogP contribution >= 0.6 is 10.7 Å². The standard InChI is InChI=1S/C9H9ClN2O3S/c1-5(16(10,14)15)6-2-3-7-8(4-6)12-9(13)11-7/h2-5H,1H3,(H2,11,12,13). The van der Waals surface area contributed by atoms with E-state index in [0.29, 0.717) is 16.6 Å². The lowest BCUT2D eigenvalue weighted by Gasteiger charge is -2.07. The Morgan fingerprint density at radius 1 is 1.25 bits per heavy atom. The molecule has 86 valence electrons. The molecule has 2 N–H and O–H groups in total. The fraction of sp³-hybridized carbons (Fsp3) is 0.222. The molecule has 7 heteroatoms. The van der Waals surface area contributed by atoms with Crippen LogP contribution in [0, 0.1) is 0 Å². The molecular formula is C9H9ClN2O3S. The van der Waals surface area contributed by atoms with Gasteiger partial charge in [0.2, 0.25) is 9.05 Å². The number of rotatable bonds is 2. The summed E-state index contributed by atoms with van der Waals surface area (Å²) in [6, 6.07) is 4.86. The number of aromatic nitrogens is 2. The van der Waals surface area contributed by atoms with E-state index in [1.807, 2.05) is 0 Å². The summed E-state index contributed by atoms with van der Waals surface area (Å²) >= 11 is 0. The van der Waals surface area contributed by atoms with Gasteiger partial charge >= 0.3 is 5.69 Å². The zero-order valence-electron chi connectivity index (χ0n) is 8.32. The third-order valence-electron chi connectivity index (χ3n) is 2.43. The maximum atomic E-state index is 11.2. The highest BCUT2D eigenvalue weighted by Crippen LogP contribution is 2.26. The van der Waals surface area contributed by atoms with Gasteiger partial charge in [0.05, 0.1) is 16.3 Å². The molecule has 1 atom stereocenters. The van der Waals surface area contributed by atoms with Gasteiger partial charge in [-0.25, -0.2) is 13.2 Å². The molecule has 1 heterocycles. The smallest absolute Gasteiger partial charge is 0.306 e. The van der Waals surface area contributed by atoms with E-state index in [9.17, 15) is 13.2 Å². The topological polar surface area (TPSA) is 82.8 Å². The fourth-order valence-electron chi connectivity index (χ4n) is 1.47. The summed E-state index contributed by atoms with van der Waals surface area (Å²) in [6.45, 7) is 1.49. The monoisotopic (exact) mass is 260 g/mol. The van der Waals surface area contributed by atoms with Gasteiger partial charge in [0.25, 0.3) is 0 Å². The van der Waals surface area contributed by atoms with Crippen LogP contribution in [0.4, 0.5) is 0 Å². The molecule has 0 aliphatic heterocycles. The van der Waals surface area contributed by atoms with Crippen molar-refractivity contribution in [3.05, 3.63) is 34.2 Å². The van der Waals surface area contributed by atoms with Gasteiger partial charge in [-0.2, -0.15) is 0 Å². The summed E-state index contributed by atoms with van der Waals surface area (Å²) in [5.41, 5.74) is 1.41. The minimum Gasteiger partial charge on any atom is -0.306 e. The van der Waals surface area contributed by atoms with Gasteiger partial charge in [-0.05, 0) is 24.6 Å². The van der Waals surface area contributed by atoms with Crippen molar-refractivity contribution in [1.82, 2.24) is 9.97 Å². The van der Waals surface area contributed by atoms with E-state index < -0.39 is 14.3 Å². The third-order valence-corrected chi connectivity index (χ3v) is 4.35. The first-order valence-electron chi connectivity index (χ1n) is 4.53. The minimum absolute atomic E-state index is 0.325. The SMILES string of the molecule is CC(c1ccc2[nH]c(=O)[nH]c2c1)S(=O)(=O)Cl. The van der Waals surface area contributed by atoms with Crippen molar-refractivity contribution < 1.29 is 8.42 Å². The predicted octanol–water partition coefficient (Wildman–Crippen LogP) is 1.49. The molecule has 0 saturated carbocycles. The maximum Gasteiger partial charge on any atom is 0.323 e. The summed E-state index contributed by atoms with van der Waals surface area (Å²) in [7, 11) is 1.62. The van der Waals surface area contributed by atoms with Crippen molar-refractivity contribution in [2.45, 2.75) is 12.2 Å². The Kier molecular flexibility index (Phi) is 2.55. The zero-order chi connectivity index (χ0) is 11.9. The number of halogens is 1. The number of benzene rings is 1. The lowest BCUT2D eigenvalue weighted by Crippen LogP contribution is -2.02. The van der Waals surface area contributed by atoms with E-state index in [-0.39, 0.29) is 5.69 Å². The molecule has 0 aliphatic carbocycles. The first-order valence-corrected chi connectivity index (χ1v) is 6.90. The second-order valence-corrected chi connectivity index (χ2v) is 6.45. The first kappa shape index (κ1) is 11.2. The average molecular weight is 261 g/mol. The molecule has 16 heavy (non-hydrogen) atoms. The van der Waals surface area contributed by atoms with E-state index in [4.69, 9.17) is 10.7 Å². The molecule has 2 rings (SSSR count). The number of nitrogens with one attached hydrogen (secondary N) is 2. The van der Waals surface area contributed by atoms with Crippen LogP contribution in [-0.2, 0) is 9.05 Å². The Labute approximate surface area is 95.9 Å². The molecule has 0 radical (unpaired) electrons. The van der Waals surface area contributed by atoms with Crippen LogP contribution in [0.5, 0.6) is 0 Å². The average Bonchev–Trinajstić information content (AvgIpc) is 2.54. The molecule has 1 aromatic heterocycles. The van der Waals surface area contributed by atoms with Gasteiger partial charge in [0, 0.05) is 10.7 Å². The Balaban J connectivity index is 2.59. The summed E-state index contributed by atoms with van der Waals surface area (Å²) < 4.78 is 22.3. The van der Waals surface area contributed by atoms with E-state index in [1.165, 1.54) is 6.92 Å². The van der Waals surface area contributed by atoms with Crippen LogP contribution in [0.3, 0.4) is 0 Å². The van der Waals surface area contributed by atoms with Crippen molar-refractivity contribution in [3.63, 3.8) is 0 Å².